The monoisotopic (exact) mass is 306 g/mol. The molecule has 90 valence electrons. The third-order valence-electron chi connectivity index (χ3n) is 1.83. The molecule has 0 aliphatic rings. The fraction of sp³-hybridized carbons (Fsp3) is 0.222. The minimum atomic E-state index is 0.496. The molecule has 0 aliphatic heterocycles. The molecule has 17 heavy (non-hydrogen) atoms. The standard InChI is InChI=1S/C9H8Cl2N4S2/c1-4-14-15-9(16-4)17-8-6(11)3-5(10)7(12-2)13-8/h3H,1-2H3,(H,12,13). The molecule has 0 amide bonds. The van der Waals surface area contributed by atoms with Gasteiger partial charge in [-0.1, -0.05) is 34.5 Å². The summed E-state index contributed by atoms with van der Waals surface area (Å²) in [6.45, 7) is 1.90. The molecular formula is C9H8Cl2N4S2. The molecule has 0 radical (unpaired) electrons. The van der Waals surface area contributed by atoms with E-state index in [1.54, 1.807) is 13.1 Å². The maximum Gasteiger partial charge on any atom is 0.180 e. The molecule has 0 aromatic carbocycles. The van der Waals surface area contributed by atoms with Crippen LogP contribution in [0.5, 0.6) is 0 Å². The number of anilines is 1. The van der Waals surface area contributed by atoms with Crippen LogP contribution in [-0.4, -0.2) is 22.2 Å². The second-order valence-electron chi connectivity index (χ2n) is 3.04. The first-order valence-electron chi connectivity index (χ1n) is 4.62. The van der Waals surface area contributed by atoms with Crippen molar-refractivity contribution < 1.29 is 0 Å². The van der Waals surface area contributed by atoms with Gasteiger partial charge in [-0.2, -0.15) is 0 Å². The minimum absolute atomic E-state index is 0.496. The number of nitrogens with one attached hydrogen (secondary N) is 1. The fourth-order valence-corrected chi connectivity index (χ4v) is 3.39. The number of pyridine rings is 1. The normalized spacial score (nSPS) is 10.6. The zero-order chi connectivity index (χ0) is 12.4. The third-order valence-corrected chi connectivity index (χ3v) is 4.41. The van der Waals surface area contributed by atoms with Gasteiger partial charge in [0.15, 0.2) is 4.34 Å². The summed E-state index contributed by atoms with van der Waals surface area (Å²) in [4.78, 5) is 4.32. The molecule has 0 atom stereocenters. The average Bonchev–Trinajstić information content (AvgIpc) is 2.68. The number of hydrogen-bond donors (Lipinski definition) is 1. The quantitative estimate of drug-likeness (QED) is 0.936. The van der Waals surface area contributed by atoms with Crippen molar-refractivity contribution in [3.05, 3.63) is 21.1 Å². The van der Waals surface area contributed by atoms with Gasteiger partial charge in [0.05, 0.1) is 10.0 Å². The van der Waals surface area contributed by atoms with Crippen LogP contribution >= 0.6 is 46.3 Å². The van der Waals surface area contributed by atoms with E-state index in [2.05, 4.69) is 20.5 Å². The number of halogens is 2. The van der Waals surface area contributed by atoms with E-state index in [0.717, 1.165) is 9.35 Å². The average molecular weight is 307 g/mol. The van der Waals surface area contributed by atoms with Crippen LogP contribution in [0.2, 0.25) is 10.0 Å². The highest BCUT2D eigenvalue weighted by molar-refractivity contribution is 8.01. The molecule has 0 saturated heterocycles. The van der Waals surface area contributed by atoms with E-state index in [9.17, 15) is 0 Å². The lowest BCUT2D eigenvalue weighted by atomic mass is 10.4. The first kappa shape index (κ1) is 12.9. The largest absolute Gasteiger partial charge is 0.372 e. The second-order valence-corrected chi connectivity index (χ2v) is 6.28. The van der Waals surface area contributed by atoms with Crippen molar-refractivity contribution >= 4 is 52.1 Å². The van der Waals surface area contributed by atoms with E-state index in [1.807, 2.05) is 6.92 Å². The summed E-state index contributed by atoms with van der Waals surface area (Å²) in [6.07, 6.45) is 0. The third kappa shape index (κ3) is 3.01. The maximum atomic E-state index is 6.08. The van der Waals surface area contributed by atoms with Crippen LogP contribution in [0.15, 0.2) is 15.4 Å². The predicted molar refractivity (Wildman–Crippen MR) is 72.6 cm³/mol. The minimum Gasteiger partial charge on any atom is -0.372 e. The van der Waals surface area contributed by atoms with E-state index < -0.39 is 0 Å². The first-order chi connectivity index (χ1) is 8.10. The van der Waals surface area contributed by atoms with Crippen LogP contribution in [0.4, 0.5) is 5.82 Å². The molecule has 1 N–H and O–H groups in total. The number of aromatic nitrogens is 3. The fourth-order valence-electron chi connectivity index (χ4n) is 1.10. The molecule has 0 fully saturated rings. The van der Waals surface area contributed by atoms with Gasteiger partial charge in [-0.15, -0.1) is 10.2 Å². The highest BCUT2D eigenvalue weighted by Gasteiger charge is 2.12. The molecule has 0 spiro atoms. The van der Waals surface area contributed by atoms with Gasteiger partial charge in [0.1, 0.15) is 15.9 Å². The molecular weight excluding hydrogens is 299 g/mol. The number of nitrogens with zero attached hydrogens (tertiary/aromatic N) is 3. The molecule has 0 bridgehead atoms. The van der Waals surface area contributed by atoms with Gasteiger partial charge in [-0.3, -0.25) is 0 Å². The van der Waals surface area contributed by atoms with Crippen molar-refractivity contribution in [2.45, 2.75) is 16.3 Å². The summed E-state index contributed by atoms with van der Waals surface area (Å²) in [5.74, 6) is 0.597. The van der Waals surface area contributed by atoms with Gasteiger partial charge in [-0.25, -0.2) is 4.98 Å². The van der Waals surface area contributed by atoms with Crippen molar-refractivity contribution in [2.24, 2.45) is 0 Å². The molecule has 0 aliphatic carbocycles. The lowest BCUT2D eigenvalue weighted by molar-refractivity contribution is 0.981. The van der Waals surface area contributed by atoms with Crippen LogP contribution in [0.3, 0.4) is 0 Å². The van der Waals surface area contributed by atoms with Crippen molar-refractivity contribution in [3.63, 3.8) is 0 Å². The van der Waals surface area contributed by atoms with Gasteiger partial charge in [0, 0.05) is 7.05 Å². The van der Waals surface area contributed by atoms with Crippen molar-refractivity contribution in [2.75, 3.05) is 12.4 Å². The van der Waals surface area contributed by atoms with E-state index in [4.69, 9.17) is 23.2 Å². The Labute approximate surface area is 117 Å². The van der Waals surface area contributed by atoms with E-state index >= 15 is 0 Å². The molecule has 8 heteroatoms. The van der Waals surface area contributed by atoms with E-state index in [0.29, 0.717) is 20.9 Å². The summed E-state index contributed by atoms with van der Waals surface area (Å²) in [6, 6.07) is 1.66. The maximum absolute atomic E-state index is 6.08. The Kier molecular flexibility index (Phi) is 4.09. The Balaban J connectivity index is 2.32. The van der Waals surface area contributed by atoms with Gasteiger partial charge in [0.25, 0.3) is 0 Å². The summed E-state index contributed by atoms with van der Waals surface area (Å²) in [7, 11) is 1.76. The lowest BCUT2D eigenvalue weighted by Gasteiger charge is -2.06. The van der Waals surface area contributed by atoms with Crippen LogP contribution in [0, 0.1) is 6.92 Å². The molecule has 2 aromatic rings. The topological polar surface area (TPSA) is 50.7 Å². The zero-order valence-corrected chi connectivity index (χ0v) is 12.1. The number of aryl methyl sites for hydroxylation is 1. The summed E-state index contributed by atoms with van der Waals surface area (Å²) in [5, 5.41) is 13.4. The Morgan fingerprint density at radius 2 is 2.06 bits per heavy atom. The Morgan fingerprint density at radius 3 is 2.65 bits per heavy atom. The summed E-state index contributed by atoms with van der Waals surface area (Å²) < 4.78 is 0.807. The SMILES string of the molecule is CNc1nc(Sc2nnc(C)s2)c(Cl)cc1Cl. The lowest BCUT2D eigenvalue weighted by Crippen LogP contribution is -1.95. The van der Waals surface area contributed by atoms with Crippen LogP contribution in [-0.2, 0) is 0 Å². The predicted octanol–water partition coefficient (Wildman–Crippen LogP) is 3.74. The van der Waals surface area contributed by atoms with E-state index in [1.165, 1.54) is 23.1 Å². The van der Waals surface area contributed by atoms with Gasteiger partial charge < -0.3 is 5.32 Å². The Morgan fingerprint density at radius 1 is 1.29 bits per heavy atom. The smallest absolute Gasteiger partial charge is 0.180 e. The van der Waals surface area contributed by atoms with Crippen molar-refractivity contribution in [1.29, 1.82) is 0 Å². The van der Waals surface area contributed by atoms with Crippen molar-refractivity contribution in [1.82, 2.24) is 15.2 Å². The van der Waals surface area contributed by atoms with Crippen LogP contribution in [0.1, 0.15) is 5.01 Å². The molecule has 2 heterocycles. The summed E-state index contributed by atoms with van der Waals surface area (Å²) in [5.41, 5.74) is 0. The van der Waals surface area contributed by atoms with Crippen molar-refractivity contribution in [3.8, 4) is 0 Å². The molecule has 2 aromatic heterocycles. The molecule has 0 saturated carbocycles. The Hall–Kier alpha value is -0.560. The molecule has 2 rings (SSSR count). The number of rotatable bonds is 3. The van der Waals surface area contributed by atoms with Crippen LogP contribution in [0.25, 0.3) is 0 Å². The van der Waals surface area contributed by atoms with Gasteiger partial charge >= 0.3 is 0 Å². The summed E-state index contributed by atoms with van der Waals surface area (Å²) >= 11 is 14.9. The van der Waals surface area contributed by atoms with E-state index in [-0.39, 0.29) is 0 Å². The molecule has 4 nitrogen and oxygen atoms in total. The van der Waals surface area contributed by atoms with Gasteiger partial charge in [0.2, 0.25) is 0 Å². The number of hydrogen-bond acceptors (Lipinski definition) is 6. The zero-order valence-electron chi connectivity index (χ0n) is 8.99. The highest BCUT2D eigenvalue weighted by atomic mass is 35.5. The van der Waals surface area contributed by atoms with Gasteiger partial charge in [-0.05, 0) is 24.8 Å². The highest BCUT2D eigenvalue weighted by Crippen LogP contribution is 2.36. The molecule has 0 unspecified atom stereocenters. The Bertz CT molecular complexity index is 544. The second kappa shape index (κ2) is 5.39. The first-order valence-corrected chi connectivity index (χ1v) is 7.01. The van der Waals surface area contributed by atoms with Crippen LogP contribution < -0.4 is 5.32 Å².